The largest absolute Gasteiger partial charge is 0.465 e. The number of rotatable bonds is 10. The quantitative estimate of drug-likeness (QED) is 0.249. The Morgan fingerprint density at radius 3 is 1.91 bits per heavy atom. The topological polar surface area (TPSA) is 77.3 Å². The van der Waals surface area contributed by atoms with E-state index in [1.165, 1.54) is 12.7 Å². The second kappa shape index (κ2) is 13.0. The van der Waals surface area contributed by atoms with Crippen molar-refractivity contribution in [2.45, 2.75) is 33.1 Å². The predicted octanol–water partition coefficient (Wildman–Crippen LogP) is 6.54. The zero-order valence-electron chi connectivity index (χ0n) is 20.4. The Balaban J connectivity index is 2.00. The smallest absolute Gasteiger partial charge is 0.338 e. The molecule has 35 heavy (non-hydrogen) atoms. The van der Waals surface area contributed by atoms with E-state index in [-0.39, 0.29) is 5.97 Å². The zero-order valence-corrected chi connectivity index (χ0v) is 20.4. The van der Waals surface area contributed by atoms with Gasteiger partial charge in [-0.05, 0) is 68.1 Å². The summed E-state index contributed by atoms with van der Waals surface area (Å²) >= 11 is 0. The van der Waals surface area contributed by atoms with Gasteiger partial charge in [0.1, 0.15) is 0 Å². The molecule has 6 nitrogen and oxygen atoms in total. The van der Waals surface area contributed by atoms with Crippen molar-refractivity contribution in [1.82, 2.24) is 0 Å². The first-order valence-electron chi connectivity index (χ1n) is 11.7. The molecule has 0 spiro atoms. The van der Waals surface area contributed by atoms with Crippen LogP contribution in [0.4, 0.5) is 11.4 Å². The van der Waals surface area contributed by atoms with Gasteiger partial charge < -0.3 is 9.47 Å². The van der Waals surface area contributed by atoms with Crippen LogP contribution in [0.3, 0.4) is 0 Å². The summed E-state index contributed by atoms with van der Waals surface area (Å²) < 4.78 is 9.97. The molecule has 0 heterocycles. The van der Waals surface area contributed by atoms with Gasteiger partial charge in [0.25, 0.3) is 0 Å². The highest BCUT2D eigenvalue weighted by Crippen LogP contribution is 2.20. The summed E-state index contributed by atoms with van der Waals surface area (Å²) in [6, 6.07) is 24.3. The number of hydrogen-bond acceptors (Lipinski definition) is 6. The molecule has 0 aliphatic rings. The molecule has 0 unspecified atom stereocenters. The Labute approximate surface area is 206 Å². The van der Waals surface area contributed by atoms with Crippen LogP contribution in [0.15, 0.2) is 88.8 Å². The molecule has 0 aliphatic carbocycles. The summed E-state index contributed by atoms with van der Waals surface area (Å²) in [6.07, 6.45) is 2.10. The molecule has 0 amide bonds. The lowest BCUT2D eigenvalue weighted by atomic mass is 10.0. The fourth-order valence-corrected chi connectivity index (χ4v) is 3.57. The minimum Gasteiger partial charge on any atom is -0.465 e. The van der Waals surface area contributed by atoms with Crippen LogP contribution in [0.2, 0.25) is 0 Å². The second-order valence-corrected chi connectivity index (χ2v) is 7.77. The number of aliphatic imine (C=N–C) groups is 2. The van der Waals surface area contributed by atoms with Gasteiger partial charge in [0.2, 0.25) is 0 Å². The Bertz CT molecular complexity index is 1220. The SMILES string of the molecule is CCOC(=O)c1cccc(N=C(CCc2ccccc2)C(CC)=Nc2cccc(C(=O)OC)c2)c1. The minimum atomic E-state index is -0.408. The van der Waals surface area contributed by atoms with Crippen LogP contribution in [0.5, 0.6) is 0 Å². The number of methoxy groups -OCH3 is 1. The van der Waals surface area contributed by atoms with E-state index in [4.69, 9.17) is 19.5 Å². The third-order valence-electron chi connectivity index (χ3n) is 5.31. The number of hydrogen-bond donors (Lipinski definition) is 0. The van der Waals surface area contributed by atoms with Crippen LogP contribution in [-0.2, 0) is 15.9 Å². The highest BCUT2D eigenvalue weighted by atomic mass is 16.5. The molecule has 0 saturated heterocycles. The lowest BCUT2D eigenvalue weighted by molar-refractivity contribution is 0.0525. The maximum atomic E-state index is 12.2. The zero-order chi connectivity index (χ0) is 25.0. The summed E-state index contributed by atoms with van der Waals surface area (Å²) in [6.45, 7) is 4.11. The lowest BCUT2D eigenvalue weighted by Gasteiger charge is -2.11. The summed E-state index contributed by atoms with van der Waals surface area (Å²) in [5, 5.41) is 0. The van der Waals surface area contributed by atoms with Crippen molar-refractivity contribution in [3.05, 3.63) is 95.6 Å². The second-order valence-electron chi connectivity index (χ2n) is 7.77. The van der Waals surface area contributed by atoms with Gasteiger partial charge in [-0.15, -0.1) is 0 Å². The van der Waals surface area contributed by atoms with E-state index >= 15 is 0 Å². The van der Waals surface area contributed by atoms with Crippen molar-refractivity contribution in [1.29, 1.82) is 0 Å². The predicted molar refractivity (Wildman–Crippen MR) is 139 cm³/mol. The van der Waals surface area contributed by atoms with Crippen LogP contribution in [0, 0.1) is 0 Å². The van der Waals surface area contributed by atoms with Gasteiger partial charge in [0.05, 0.1) is 47.6 Å². The average Bonchev–Trinajstić information content (AvgIpc) is 2.90. The van der Waals surface area contributed by atoms with E-state index in [9.17, 15) is 9.59 Å². The molecular formula is C29H30N2O4. The highest BCUT2D eigenvalue weighted by Gasteiger charge is 2.12. The average molecular weight is 471 g/mol. The summed E-state index contributed by atoms with van der Waals surface area (Å²) in [5.41, 5.74) is 5.03. The Morgan fingerprint density at radius 1 is 0.743 bits per heavy atom. The third-order valence-corrected chi connectivity index (χ3v) is 5.31. The lowest BCUT2D eigenvalue weighted by Crippen LogP contribution is -2.14. The first-order chi connectivity index (χ1) is 17.0. The number of aryl methyl sites for hydroxylation is 1. The molecule has 6 heteroatoms. The molecular weight excluding hydrogens is 440 g/mol. The molecule has 0 bridgehead atoms. The van der Waals surface area contributed by atoms with Crippen LogP contribution >= 0.6 is 0 Å². The molecule has 0 saturated carbocycles. The first kappa shape index (κ1) is 25.6. The molecule has 3 aromatic carbocycles. The summed E-state index contributed by atoms with van der Waals surface area (Å²) in [7, 11) is 1.36. The monoisotopic (exact) mass is 470 g/mol. The van der Waals surface area contributed by atoms with Gasteiger partial charge in [-0.3, -0.25) is 9.98 Å². The molecule has 0 N–H and O–H groups in total. The number of esters is 2. The number of ether oxygens (including phenoxy) is 2. The van der Waals surface area contributed by atoms with Crippen molar-refractivity contribution in [2.24, 2.45) is 9.98 Å². The van der Waals surface area contributed by atoms with Gasteiger partial charge in [0, 0.05) is 0 Å². The maximum Gasteiger partial charge on any atom is 0.338 e. The fraction of sp³-hybridized carbons (Fsp3) is 0.241. The van der Waals surface area contributed by atoms with E-state index in [0.29, 0.717) is 42.0 Å². The van der Waals surface area contributed by atoms with Crippen molar-refractivity contribution in [2.75, 3.05) is 13.7 Å². The van der Waals surface area contributed by atoms with Crippen molar-refractivity contribution in [3.8, 4) is 0 Å². The van der Waals surface area contributed by atoms with Gasteiger partial charge in [-0.25, -0.2) is 9.59 Å². The van der Waals surface area contributed by atoms with Crippen LogP contribution in [-0.4, -0.2) is 37.1 Å². The van der Waals surface area contributed by atoms with E-state index in [2.05, 4.69) is 12.1 Å². The molecule has 3 rings (SSSR count). The molecule has 0 radical (unpaired) electrons. The van der Waals surface area contributed by atoms with E-state index in [1.807, 2.05) is 37.3 Å². The number of benzene rings is 3. The van der Waals surface area contributed by atoms with E-state index < -0.39 is 5.97 Å². The standard InChI is InChI=1S/C29H30N2O4/c1-4-26(30-24-15-9-13-22(19-24)28(32)34-3)27(18-17-21-11-7-6-8-12-21)31-25-16-10-14-23(20-25)29(33)35-5-2/h6-16,19-20H,4-5,17-18H2,1-3H3. The molecule has 0 aliphatic heterocycles. The maximum absolute atomic E-state index is 12.2. The number of carbonyl (C=O) groups is 2. The van der Waals surface area contributed by atoms with E-state index in [0.717, 1.165) is 17.8 Å². The van der Waals surface area contributed by atoms with Gasteiger partial charge in [-0.1, -0.05) is 49.4 Å². The van der Waals surface area contributed by atoms with Crippen molar-refractivity contribution < 1.29 is 19.1 Å². The van der Waals surface area contributed by atoms with Crippen molar-refractivity contribution in [3.63, 3.8) is 0 Å². The van der Waals surface area contributed by atoms with Gasteiger partial charge in [-0.2, -0.15) is 0 Å². The fourth-order valence-electron chi connectivity index (χ4n) is 3.57. The molecule has 3 aromatic rings. The molecule has 0 atom stereocenters. The Morgan fingerprint density at radius 2 is 1.34 bits per heavy atom. The van der Waals surface area contributed by atoms with Gasteiger partial charge in [0.15, 0.2) is 0 Å². The van der Waals surface area contributed by atoms with Crippen molar-refractivity contribution >= 4 is 34.7 Å². The normalized spacial score (nSPS) is 11.7. The Kier molecular flexibility index (Phi) is 9.49. The van der Waals surface area contributed by atoms with Gasteiger partial charge >= 0.3 is 11.9 Å². The van der Waals surface area contributed by atoms with E-state index in [1.54, 1.807) is 43.3 Å². The summed E-state index contributed by atoms with van der Waals surface area (Å²) in [4.78, 5) is 33.9. The number of nitrogens with zero attached hydrogens (tertiary/aromatic N) is 2. The van der Waals surface area contributed by atoms with Crippen LogP contribution in [0.25, 0.3) is 0 Å². The molecule has 0 aromatic heterocycles. The summed E-state index contributed by atoms with van der Waals surface area (Å²) in [5.74, 6) is -0.784. The first-order valence-corrected chi connectivity index (χ1v) is 11.7. The minimum absolute atomic E-state index is 0.311. The third kappa shape index (κ3) is 7.47. The van der Waals surface area contributed by atoms with Crippen LogP contribution in [0.1, 0.15) is 53.0 Å². The highest BCUT2D eigenvalue weighted by molar-refractivity contribution is 6.43. The number of carbonyl (C=O) groups excluding carboxylic acids is 2. The van der Waals surface area contributed by atoms with Crippen LogP contribution < -0.4 is 0 Å². The molecule has 180 valence electrons. The Hall–Kier alpha value is -4.06. The molecule has 0 fully saturated rings.